The topological polar surface area (TPSA) is 95.9 Å². The number of benzene rings is 3. The first-order chi connectivity index (χ1) is 17.1. The molecule has 3 aromatic rings. The Bertz CT molecular complexity index is 1320. The Morgan fingerprint density at radius 1 is 1.00 bits per heavy atom. The van der Waals surface area contributed by atoms with Crippen LogP contribution < -0.4 is 15.0 Å². The first-order valence-electron chi connectivity index (χ1n) is 11.0. The van der Waals surface area contributed by atoms with E-state index in [4.69, 9.17) is 4.74 Å². The van der Waals surface area contributed by atoms with Crippen molar-refractivity contribution in [2.45, 2.75) is 19.2 Å². The van der Waals surface area contributed by atoms with Crippen molar-refractivity contribution in [1.29, 1.82) is 0 Å². The van der Waals surface area contributed by atoms with E-state index in [9.17, 15) is 32.7 Å². The fraction of sp³-hybridized carbons (Fsp3) is 0.192. The highest BCUT2D eigenvalue weighted by atomic mass is 19.4. The van der Waals surface area contributed by atoms with E-state index < -0.39 is 42.1 Å². The van der Waals surface area contributed by atoms with Crippen molar-refractivity contribution in [2.75, 3.05) is 18.1 Å². The summed E-state index contributed by atoms with van der Waals surface area (Å²) in [7, 11) is 0. The molecule has 2 N–H and O–H groups in total. The van der Waals surface area contributed by atoms with Crippen LogP contribution in [0.5, 0.6) is 5.75 Å². The van der Waals surface area contributed by atoms with Gasteiger partial charge in [0.2, 0.25) is 0 Å². The fourth-order valence-corrected chi connectivity index (χ4v) is 3.92. The second kappa shape index (κ2) is 9.82. The molecule has 0 fully saturated rings. The van der Waals surface area contributed by atoms with Crippen LogP contribution in [0.4, 0.5) is 18.9 Å². The second-order valence-electron chi connectivity index (χ2n) is 7.94. The lowest BCUT2D eigenvalue weighted by Gasteiger charge is -2.18. The lowest BCUT2D eigenvalue weighted by atomic mass is 10.0. The minimum absolute atomic E-state index is 0.0137. The van der Waals surface area contributed by atoms with Crippen LogP contribution in [0.1, 0.15) is 55.2 Å². The standard InChI is InChI=1S/C26H21F3N2O5/c1-2-36-17-10-8-16(9-11-17)31-24(34)18-12-7-15(13-20(18)25(31)35)23(33)30-14-22(32)19-5-3-4-6-21(19)26(27,28)29/h3-13,22,32H,2,14H2,1H3,(H,30,33). The summed E-state index contributed by atoms with van der Waals surface area (Å²) < 4.78 is 45.0. The van der Waals surface area contributed by atoms with Crippen molar-refractivity contribution in [2.24, 2.45) is 0 Å². The summed E-state index contributed by atoms with van der Waals surface area (Å²) in [5.41, 5.74) is -0.885. The molecule has 0 saturated carbocycles. The number of halogens is 3. The molecule has 36 heavy (non-hydrogen) atoms. The molecular formula is C26H21F3N2O5. The second-order valence-corrected chi connectivity index (χ2v) is 7.94. The van der Waals surface area contributed by atoms with Gasteiger partial charge in [0.05, 0.1) is 35.1 Å². The molecular weight excluding hydrogens is 477 g/mol. The van der Waals surface area contributed by atoms with Gasteiger partial charge in [-0.3, -0.25) is 14.4 Å². The van der Waals surface area contributed by atoms with Gasteiger partial charge in [0, 0.05) is 12.1 Å². The number of carbonyl (C=O) groups excluding carboxylic acids is 3. The molecule has 0 saturated heterocycles. The van der Waals surface area contributed by atoms with E-state index >= 15 is 0 Å². The number of alkyl halides is 3. The molecule has 1 atom stereocenters. The molecule has 0 bridgehead atoms. The van der Waals surface area contributed by atoms with Crippen LogP contribution in [-0.4, -0.2) is 36.0 Å². The first-order valence-corrected chi connectivity index (χ1v) is 11.0. The highest BCUT2D eigenvalue weighted by molar-refractivity contribution is 6.34. The Labute approximate surface area is 204 Å². The van der Waals surface area contributed by atoms with E-state index in [0.29, 0.717) is 18.0 Å². The number of hydrogen-bond acceptors (Lipinski definition) is 5. The highest BCUT2D eigenvalue weighted by Crippen LogP contribution is 2.34. The average molecular weight is 498 g/mol. The zero-order valence-electron chi connectivity index (χ0n) is 19.0. The molecule has 3 amide bonds. The van der Waals surface area contributed by atoms with Crippen LogP contribution in [0.25, 0.3) is 0 Å². The van der Waals surface area contributed by atoms with Crippen LogP contribution >= 0.6 is 0 Å². The van der Waals surface area contributed by atoms with E-state index in [2.05, 4.69) is 5.32 Å². The SMILES string of the molecule is CCOc1ccc(N2C(=O)c3ccc(C(=O)NCC(O)c4ccccc4C(F)(F)F)cc3C2=O)cc1. The maximum atomic E-state index is 13.2. The van der Waals surface area contributed by atoms with E-state index in [1.807, 2.05) is 6.92 Å². The van der Waals surface area contributed by atoms with Crippen LogP contribution in [0.3, 0.4) is 0 Å². The number of rotatable bonds is 7. The summed E-state index contributed by atoms with van der Waals surface area (Å²) in [5.74, 6) is -1.31. The third kappa shape index (κ3) is 4.80. The molecule has 4 rings (SSSR count). The number of imide groups is 1. The largest absolute Gasteiger partial charge is 0.494 e. The van der Waals surface area contributed by atoms with Gasteiger partial charge in [-0.25, -0.2) is 4.90 Å². The van der Waals surface area contributed by atoms with Crippen LogP contribution in [0, 0.1) is 0 Å². The van der Waals surface area contributed by atoms with E-state index in [1.165, 1.54) is 30.3 Å². The summed E-state index contributed by atoms with van der Waals surface area (Å²) in [4.78, 5) is 39.4. The number of carbonyl (C=O) groups is 3. The Morgan fingerprint density at radius 3 is 2.33 bits per heavy atom. The Morgan fingerprint density at radius 2 is 1.67 bits per heavy atom. The monoisotopic (exact) mass is 498 g/mol. The van der Waals surface area contributed by atoms with Crippen molar-refractivity contribution in [3.05, 3.63) is 94.5 Å². The molecule has 0 radical (unpaired) electrons. The molecule has 1 unspecified atom stereocenters. The predicted molar refractivity (Wildman–Crippen MR) is 124 cm³/mol. The maximum absolute atomic E-state index is 13.2. The third-order valence-electron chi connectivity index (χ3n) is 5.64. The quantitative estimate of drug-likeness (QED) is 0.472. The lowest BCUT2D eigenvalue weighted by molar-refractivity contribution is -0.139. The number of aliphatic hydroxyl groups excluding tert-OH is 1. The molecule has 1 heterocycles. The van der Waals surface area contributed by atoms with E-state index in [0.717, 1.165) is 17.0 Å². The molecule has 1 aliphatic heterocycles. The molecule has 7 nitrogen and oxygen atoms in total. The average Bonchev–Trinajstić information content (AvgIpc) is 3.11. The van der Waals surface area contributed by atoms with Crippen molar-refractivity contribution in [1.82, 2.24) is 5.32 Å². The minimum Gasteiger partial charge on any atom is -0.494 e. The number of anilines is 1. The summed E-state index contributed by atoms with van der Waals surface area (Å²) >= 11 is 0. The van der Waals surface area contributed by atoms with E-state index in [-0.39, 0.29) is 22.3 Å². The zero-order valence-corrected chi connectivity index (χ0v) is 19.0. The van der Waals surface area contributed by atoms with Gasteiger partial charge >= 0.3 is 6.18 Å². The number of nitrogens with one attached hydrogen (secondary N) is 1. The van der Waals surface area contributed by atoms with Gasteiger partial charge < -0.3 is 15.2 Å². The van der Waals surface area contributed by atoms with Gasteiger partial charge in [-0.15, -0.1) is 0 Å². The van der Waals surface area contributed by atoms with Gasteiger partial charge in [-0.1, -0.05) is 18.2 Å². The Balaban J connectivity index is 1.49. The highest BCUT2D eigenvalue weighted by Gasteiger charge is 2.37. The summed E-state index contributed by atoms with van der Waals surface area (Å²) in [6, 6.07) is 14.9. The van der Waals surface area contributed by atoms with Gasteiger partial charge in [0.1, 0.15) is 5.75 Å². The zero-order chi connectivity index (χ0) is 26.0. The fourth-order valence-electron chi connectivity index (χ4n) is 3.92. The summed E-state index contributed by atoms with van der Waals surface area (Å²) in [6.07, 6.45) is -6.27. The predicted octanol–water partition coefficient (Wildman–Crippen LogP) is 4.37. The number of amides is 3. The van der Waals surface area contributed by atoms with Crippen LogP contribution in [-0.2, 0) is 6.18 Å². The maximum Gasteiger partial charge on any atom is 0.416 e. The third-order valence-corrected chi connectivity index (χ3v) is 5.64. The normalized spacial score (nSPS) is 14.0. The molecule has 10 heteroatoms. The van der Waals surface area contributed by atoms with Gasteiger partial charge in [0.25, 0.3) is 17.7 Å². The number of aliphatic hydroxyl groups is 1. The Hall–Kier alpha value is -4.18. The first kappa shape index (κ1) is 24.9. The number of nitrogens with zero attached hydrogens (tertiary/aromatic N) is 1. The van der Waals surface area contributed by atoms with Gasteiger partial charge in [-0.2, -0.15) is 13.2 Å². The summed E-state index contributed by atoms with van der Waals surface area (Å²) in [6.45, 7) is 1.80. The molecule has 1 aliphatic rings. The molecule has 3 aromatic carbocycles. The molecule has 186 valence electrons. The van der Waals surface area contributed by atoms with Crippen molar-refractivity contribution >= 4 is 23.4 Å². The van der Waals surface area contributed by atoms with E-state index in [1.54, 1.807) is 24.3 Å². The molecule has 0 spiro atoms. The van der Waals surface area contributed by atoms with Gasteiger partial charge in [0.15, 0.2) is 0 Å². The Kier molecular flexibility index (Phi) is 6.80. The number of ether oxygens (including phenoxy) is 1. The lowest BCUT2D eigenvalue weighted by Crippen LogP contribution is -2.29. The van der Waals surface area contributed by atoms with Crippen molar-refractivity contribution in [3.63, 3.8) is 0 Å². The number of hydrogen-bond donors (Lipinski definition) is 2. The van der Waals surface area contributed by atoms with Crippen molar-refractivity contribution in [3.8, 4) is 5.75 Å². The van der Waals surface area contributed by atoms with Crippen molar-refractivity contribution < 1.29 is 37.4 Å². The molecule has 0 aromatic heterocycles. The minimum atomic E-state index is -4.66. The molecule has 0 aliphatic carbocycles. The van der Waals surface area contributed by atoms with Crippen LogP contribution in [0.2, 0.25) is 0 Å². The van der Waals surface area contributed by atoms with Gasteiger partial charge in [-0.05, 0) is 61.0 Å². The summed E-state index contributed by atoms with van der Waals surface area (Å²) in [5, 5.41) is 12.7. The van der Waals surface area contributed by atoms with Crippen LogP contribution in [0.15, 0.2) is 66.7 Å². The smallest absolute Gasteiger partial charge is 0.416 e. The number of fused-ring (bicyclic) bond motifs is 1.